The highest BCUT2D eigenvalue weighted by Crippen LogP contribution is 2.22. The molecule has 92 valence electrons. The second-order valence-electron chi connectivity index (χ2n) is 3.93. The second kappa shape index (κ2) is 5.48. The molecular weight excluding hydrogens is 218 g/mol. The Balaban J connectivity index is 3.00. The number of hydrogen-bond donors (Lipinski definition) is 1. The van der Waals surface area contributed by atoms with E-state index in [1.54, 1.807) is 26.1 Å². The molecule has 0 radical (unpaired) electrons. The third kappa shape index (κ3) is 3.31. The summed E-state index contributed by atoms with van der Waals surface area (Å²) in [6.45, 7) is 5.02. The zero-order chi connectivity index (χ0) is 13.0. The van der Waals surface area contributed by atoms with Gasteiger partial charge in [0, 0.05) is 7.05 Å². The molecule has 17 heavy (non-hydrogen) atoms. The van der Waals surface area contributed by atoms with E-state index in [0.29, 0.717) is 11.3 Å². The van der Waals surface area contributed by atoms with Crippen LogP contribution >= 0.6 is 0 Å². The summed E-state index contributed by atoms with van der Waals surface area (Å²) in [5, 5.41) is 2.50. The van der Waals surface area contributed by atoms with Crippen molar-refractivity contribution in [2.45, 2.75) is 26.9 Å². The fourth-order valence-electron chi connectivity index (χ4n) is 1.47. The molecule has 0 saturated carbocycles. The predicted molar refractivity (Wildman–Crippen MR) is 65.3 cm³/mol. The Bertz CT molecular complexity index is 440. The fourth-order valence-corrected chi connectivity index (χ4v) is 1.47. The summed E-state index contributed by atoms with van der Waals surface area (Å²) in [6.07, 6.45) is -0.625. The Hall–Kier alpha value is -1.84. The van der Waals surface area contributed by atoms with Crippen LogP contribution in [0.4, 0.5) is 0 Å². The lowest BCUT2D eigenvalue weighted by Crippen LogP contribution is -2.34. The Labute approximate surface area is 101 Å². The van der Waals surface area contributed by atoms with Gasteiger partial charge in [-0.15, -0.1) is 0 Å². The molecular formula is C13H17NO3. The summed E-state index contributed by atoms with van der Waals surface area (Å²) in [4.78, 5) is 22.8. The Morgan fingerprint density at radius 1 is 1.35 bits per heavy atom. The number of carbonyl (C=O) groups excluding carboxylic acids is 2. The van der Waals surface area contributed by atoms with E-state index in [4.69, 9.17) is 4.74 Å². The normalized spacial score (nSPS) is 11.8. The molecule has 1 aromatic carbocycles. The first-order valence-electron chi connectivity index (χ1n) is 5.45. The van der Waals surface area contributed by atoms with Crippen LogP contribution in [0.25, 0.3) is 0 Å². The lowest BCUT2D eigenvalue weighted by Gasteiger charge is -2.15. The van der Waals surface area contributed by atoms with Gasteiger partial charge in [0.05, 0.1) is 5.56 Å². The first-order chi connectivity index (χ1) is 7.95. The summed E-state index contributed by atoms with van der Waals surface area (Å²) < 4.78 is 5.51. The molecule has 1 rings (SSSR count). The number of hydrogen-bond acceptors (Lipinski definition) is 3. The number of aryl methyl sites for hydroxylation is 1. The van der Waals surface area contributed by atoms with E-state index in [9.17, 15) is 9.59 Å². The van der Waals surface area contributed by atoms with Gasteiger partial charge in [0.2, 0.25) is 0 Å². The average Bonchev–Trinajstić information content (AvgIpc) is 2.27. The summed E-state index contributed by atoms with van der Waals surface area (Å²) in [5.74, 6) is 0.152. The Morgan fingerprint density at radius 3 is 2.53 bits per heavy atom. The van der Waals surface area contributed by atoms with E-state index < -0.39 is 6.10 Å². The lowest BCUT2D eigenvalue weighted by atomic mass is 10.1. The number of Topliss-reactive ketones (excluding diaryl/α,β-unsaturated/α-hetero) is 1. The molecule has 0 aliphatic rings. The molecule has 0 bridgehead atoms. The standard InChI is InChI=1S/C13H17NO3/c1-8-5-6-11(9(2)15)12(7-8)17-10(3)13(16)14-4/h5-7,10H,1-4H3,(H,14,16). The van der Waals surface area contributed by atoms with Crippen molar-refractivity contribution in [3.05, 3.63) is 29.3 Å². The van der Waals surface area contributed by atoms with Gasteiger partial charge in [0.15, 0.2) is 11.9 Å². The third-order valence-corrected chi connectivity index (χ3v) is 2.44. The third-order valence-electron chi connectivity index (χ3n) is 2.44. The Kier molecular flexibility index (Phi) is 4.26. The molecule has 0 aliphatic heterocycles. The van der Waals surface area contributed by atoms with Crippen molar-refractivity contribution in [2.24, 2.45) is 0 Å². The topological polar surface area (TPSA) is 55.4 Å². The van der Waals surface area contributed by atoms with Gasteiger partial charge in [-0.3, -0.25) is 9.59 Å². The van der Waals surface area contributed by atoms with E-state index in [2.05, 4.69) is 5.32 Å². The molecule has 0 saturated heterocycles. The van der Waals surface area contributed by atoms with E-state index in [1.807, 2.05) is 13.0 Å². The molecule has 1 aromatic rings. The van der Waals surface area contributed by atoms with Gasteiger partial charge >= 0.3 is 0 Å². The molecule has 0 heterocycles. The molecule has 0 spiro atoms. The number of ketones is 1. The average molecular weight is 235 g/mol. The van der Waals surface area contributed by atoms with Gasteiger partial charge in [-0.25, -0.2) is 0 Å². The van der Waals surface area contributed by atoms with Crippen molar-refractivity contribution in [1.82, 2.24) is 5.32 Å². The van der Waals surface area contributed by atoms with Gasteiger partial charge in [-0.1, -0.05) is 6.07 Å². The maximum absolute atomic E-state index is 11.4. The van der Waals surface area contributed by atoms with Crippen LogP contribution in [0, 0.1) is 6.92 Å². The van der Waals surface area contributed by atoms with Crippen molar-refractivity contribution in [2.75, 3.05) is 7.05 Å². The first kappa shape index (κ1) is 13.2. The SMILES string of the molecule is CNC(=O)C(C)Oc1cc(C)ccc1C(C)=O. The van der Waals surface area contributed by atoms with Gasteiger partial charge in [0.25, 0.3) is 5.91 Å². The quantitative estimate of drug-likeness (QED) is 0.808. The fraction of sp³-hybridized carbons (Fsp3) is 0.385. The van der Waals surface area contributed by atoms with Crippen LogP contribution in [-0.2, 0) is 4.79 Å². The van der Waals surface area contributed by atoms with Gasteiger partial charge < -0.3 is 10.1 Å². The predicted octanol–water partition coefficient (Wildman–Crippen LogP) is 1.71. The summed E-state index contributed by atoms with van der Waals surface area (Å²) in [6, 6.07) is 5.31. The summed E-state index contributed by atoms with van der Waals surface area (Å²) in [7, 11) is 1.55. The maximum atomic E-state index is 11.4. The summed E-state index contributed by atoms with van der Waals surface area (Å²) in [5.41, 5.74) is 1.47. The molecule has 1 unspecified atom stereocenters. The highest BCUT2D eigenvalue weighted by Gasteiger charge is 2.16. The highest BCUT2D eigenvalue weighted by atomic mass is 16.5. The number of nitrogens with one attached hydrogen (secondary N) is 1. The number of benzene rings is 1. The number of amides is 1. The van der Waals surface area contributed by atoms with Crippen LogP contribution < -0.4 is 10.1 Å². The van der Waals surface area contributed by atoms with E-state index in [1.165, 1.54) is 6.92 Å². The van der Waals surface area contributed by atoms with Gasteiger partial charge in [0.1, 0.15) is 5.75 Å². The smallest absolute Gasteiger partial charge is 0.260 e. The van der Waals surface area contributed by atoms with Crippen LogP contribution in [0.2, 0.25) is 0 Å². The minimum absolute atomic E-state index is 0.0795. The van der Waals surface area contributed by atoms with Crippen molar-refractivity contribution in [3.8, 4) is 5.75 Å². The van der Waals surface area contributed by atoms with E-state index in [-0.39, 0.29) is 11.7 Å². The summed E-state index contributed by atoms with van der Waals surface area (Å²) >= 11 is 0. The lowest BCUT2D eigenvalue weighted by molar-refractivity contribution is -0.126. The monoisotopic (exact) mass is 235 g/mol. The van der Waals surface area contributed by atoms with Gasteiger partial charge in [-0.05, 0) is 38.5 Å². The zero-order valence-corrected chi connectivity index (χ0v) is 10.5. The maximum Gasteiger partial charge on any atom is 0.260 e. The van der Waals surface area contributed by atoms with Crippen LogP contribution in [-0.4, -0.2) is 24.8 Å². The van der Waals surface area contributed by atoms with Crippen molar-refractivity contribution < 1.29 is 14.3 Å². The van der Waals surface area contributed by atoms with Crippen LogP contribution in [0.5, 0.6) is 5.75 Å². The van der Waals surface area contributed by atoms with Crippen LogP contribution in [0.1, 0.15) is 29.8 Å². The molecule has 0 aromatic heterocycles. The minimum Gasteiger partial charge on any atom is -0.480 e. The van der Waals surface area contributed by atoms with Crippen molar-refractivity contribution in [1.29, 1.82) is 0 Å². The number of rotatable bonds is 4. The van der Waals surface area contributed by atoms with Crippen LogP contribution in [0.15, 0.2) is 18.2 Å². The molecule has 0 fully saturated rings. The molecule has 1 N–H and O–H groups in total. The van der Waals surface area contributed by atoms with Crippen molar-refractivity contribution in [3.63, 3.8) is 0 Å². The van der Waals surface area contributed by atoms with E-state index >= 15 is 0 Å². The molecule has 1 atom stereocenters. The number of carbonyl (C=O) groups is 2. The minimum atomic E-state index is -0.625. The van der Waals surface area contributed by atoms with Crippen molar-refractivity contribution >= 4 is 11.7 Å². The Morgan fingerprint density at radius 2 is 2.00 bits per heavy atom. The molecule has 0 aliphatic carbocycles. The number of likely N-dealkylation sites (N-methyl/N-ethyl adjacent to an activating group) is 1. The highest BCUT2D eigenvalue weighted by molar-refractivity contribution is 5.97. The largest absolute Gasteiger partial charge is 0.480 e. The first-order valence-corrected chi connectivity index (χ1v) is 5.45. The zero-order valence-electron chi connectivity index (χ0n) is 10.5. The van der Waals surface area contributed by atoms with Gasteiger partial charge in [-0.2, -0.15) is 0 Å². The second-order valence-corrected chi connectivity index (χ2v) is 3.93. The van der Waals surface area contributed by atoms with Crippen LogP contribution in [0.3, 0.4) is 0 Å². The number of ether oxygens (including phenoxy) is 1. The van der Waals surface area contributed by atoms with E-state index in [0.717, 1.165) is 5.56 Å². The molecule has 1 amide bonds. The molecule has 4 nitrogen and oxygen atoms in total. The molecule has 4 heteroatoms.